The third kappa shape index (κ3) is 2.25. The first-order valence-electron chi connectivity index (χ1n) is 6.41. The second-order valence-corrected chi connectivity index (χ2v) is 5.65. The van der Waals surface area contributed by atoms with E-state index in [0.29, 0.717) is 25.6 Å². The second-order valence-electron chi connectivity index (χ2n) is 5.65. The molecule has 98 valence electrons. The van der Waals surface area contributed by atoms with Gasteiger partial charge in [0, 0.05) is 19.0 Å². The van der Waals surface area contributed by atoms with Crippen LogP contribution in [-0.2, 0) is 4.74 Å². The van der Waals surface area contributed by atoms with Crippen molar-refractivity contribution in [1.29, 1.82) is 0 Å². The molecule has 6 heteroatoms. The summed E-state index contributed by atoms with van der Waals surface area (Å²) < 4.78 is 5.59. The van der Waals surface area contributed by atoms with Crippen LogP contribution >= 0.6 is 0 Å². The Morgan fingerprint density at radius 3 is 2.94 bits per heavy atom. The minimum atomic E-state index is -0.288. The van der Waals surface area contributed by atoms with Crippen LogP contribution in [0.1, 0.15) is 49.1 Å². The van der Waals surface area contributed by atoms with Crippen molar-refractivity contribution < 1.29 is 9.53 Å². The quantitative estimate of drug-likeness (QED) is 0.847. The van der Waals surface area contributed by atoms with Crippen molar-refractivity contribution in [3.63, 3.8) is 0 Å². The lowest BCUT2D eigenvalue weighted by atomic mass is 10.1. The van der Waals surface area contributed by atoms with Crippen LogP contribution in [0.15, 0.2) is 0 Å². The Bertz CT molecular complexity index is 464. The van der Waals surface area contributed by atoms with Crippen LogP contribution in [0.25, 0.3) is 0 Å². The average Bonchev–Trinajstić information content (AvgIpc) is 3.05. The molecule has 1 aliphatic heterocycles. The summed E-state index contributed by atoms with van der Waals surface area (Å²) in [6.07, 6.45) is 2.29. The molecule has 3 rings (SSSR count). The first kappa shape index (κ1) is 11.6. The van der Waals surface area contributed by atoms with Gasteiger partial charge >= 0.3 is 0 Å². The first-order valence-corrected chi connectivity index (χ1v) is 6.41. The summed E-state index contributed by atoms with van der Waals surface area (Å²) >= 11 is 0. The summed E-state index contributed by atoms with van der Waals surface area (Å²) in [6.45, 7) is 5.73. The van der Waals surface area contributed by atoms with Gasteiger partial charge < -0.3 is 9.64 Å². The van der Waals surface area contributed by atoms with E-state index >= 15 is 0 Å². The van der Waals surface area contributed by atoms with E-state index in [4.69, 9.17) is 4.74 Å². The molecule has 0 unspecified atom stereocenters. The Balaban J connectivity index is 1.72. The highest BCUT2D eigenvalue weighted by Gasteiger charge is 2.33. The van der Waals surface area contributed by atoms with E-state index < -0.39 is 0 Å². The van der Waals surface area contributed by atoms with E-state index in [1.807, 2.05) is 13.8 Å². The molecule has 1 saturated carbocycles. The largest absolute Gasteiger partial charge is 0.372 e. The Labute approximate surface area is 106 Å². The number of hydrogen-bond donors (Lipinski definition) is 1. The molecule has 18 heavy (non-hydrogen) atoms. The number of H-pyrrole nitrogens is 1. The van der Waals surface area contributed by atoms with Gasteiger partial charge in [0.2, 0.25) is 5.82 Å². The highest BCUT2D eigenvalue weighted by molar-refractivity contribution is 5.90. The second kappa shape index (κ2) is 4.05. The maximum Gasteiger partial charge on any atom is 0.293 e. The van der Waals surface area contributed by atoms with Crippen LogP contribution in [0.4, 0.5) is 0 Å². The molecule has 0 radical (unpaired) electrons. The van der Waals surface area contributed by atoms with Crippen molar-refractivity contribution in [2.75, 3.05) is 19.7 Å². The molecule has 0 bridgehead atoms. The highest BCUT2D eigenvalue weighted by atomic mass is 16.5. The molecular weight excluding hydrogens is 232 g/mol. The Kier molecular flexibility index (Phi) is 2.62. The molecule has 2 aliphatic rings. The lowest BCUT2D eigenvalue weighted by molar-refractivity contribution is -0.0766. The van der Waals surface area contributed by atoms with E-state index in [2.05, 4.69) is 15.2 Å². The smallest absolute Gasteiger partial charge is 0.293 e. The Morgan fingerprint density at radius 1 is 1.50 bits per heavy atom. The number of aromatic amines is 1. The van der Waals surface area contributed by atoms with Crippen molar-refractivity contribution in [3.05, 3.63) is 11.6 Å². The number of hydrogen-bond acceptors (Lipinski definition) is 4. The van der Waals surface area contributed by atoms with Gasteiger partial charge in [0.25, 0.3) is 5.91 Å². The zero-order valence-corrected chi connectivity index (χ0v) is 10.8. The summed E-state index contributed by atoms with van der Waals surface area (Å²) in [5.74, 6) is 1.52. The fourth-order valence-electron chi connectivity index (χ4n) is 2.24. The third-order valence-electron chi connectivity index (χ3n) is 3.37. The molecule has 0 spiro atoms. The van der Waals surface area contributed by atoms with Crippen molar-refractivity contribution >= 4 is 5.91 Å². The summed E-state index contributed by atoms with van der Waals surface area (Å²) in [6, 6.07) is 0. The van der Waals surface area contributed by atoms with Gasteiger partial charge in [-0.25, -0.2) is 4.98 Å². The van der Waals surface area contributed by atoms with E-state index in [0.717, 1.165) is 18.7 Å². The van der Waals surface area contributed by atoms with Gasteiger partial charge in [0.05, 0.1) is 12.2 Å². The SMILES string of the molecule is CC1(C)CN(C(=O)c2n[nH]c(C3CC3)n2)CCO1. The van der Waals surface area contributed by atoms with Crippen molar-refractivity contribution in [3.8, 4) is 0 Å². The molecule has 1 aromatic heterocycles. The van der Waals surface area contributed by atoms with Gasteiger partial charge in [-0.2, -0.15) is 0 Å². The van der Waals surface area contributed by atoms with Crippen LogP contribution in [0.5, 0.6) is 0 Å². The van der Waals surface area contributed by atoms with Crippen molar-refractivity contribution in [2.24, 2.45) is 0 Å². The van der Waals surface area contributed by atoms with Gasteiger partial charge in [-0.3, -0.25) is 9.89 Å². The van der Waals surface area contributed by atoms with Gasteiger partial charge in [-0.05, 0) is 26.7 Å². The van der Waals surface area contributed by atoms with Gasteiger partial charge in [0.15, 0.2) is 0 Å². The Morgan fingerprint density at radius 2 is 2.28 bits per heavy atom. The number of nitrogens with one attached hydrogen (secondary N) is 1. The Hall–Kier alpha value is -1.43. The number of carbonyl (C=O) groups is 1. The molecule has 1 N–H and O–H groups in total. The molecule has 2 heterocycles. The van der Waals surface area contributed by atoms with Crippen molar-refractivity contribution in [1.82, 2.24) is 20.1 Å². The minimum Gasteiger partial charge on any atom is -0.372 e. The maximum absolute atomic E-state index is 12.3. The number of ether oxygens (including phenoxy) is 1. The van der Waals surface area contributed by atoms with E-state index in [1.54, 1.807) is 4.90 Å². The lowest BCUT2D eigenvalue weighted by Gasteiger charge is -2.37. The predicted octanol–water partition coefficient (Wildman–Crippen LogP) is 0.933. The summed E-state index contributed by atoms with van der Waals surface area (Å²) in [7, 11) is 0. The van der Waals surface area contributed by atoms with Crippen molar-refractivity contribution in [2.45, 2.75) is 38.2 Å². The molecule has 6 nitrogen and oxygen atoms in total. The number of rotatable bonds is 2. The average molecular weight is 250 g/mol. The first-order chi connectivity index (χ1) is 8.55. The van der Waals surface area contributed by atoms with Gasteiger partial charge in [-0.15, -0.1) is 5.10 Å². The van der Waals surface area contributed by atoms with Crippen LogP contribution in [0.2, 0.25) is 0 Å². The van der Waals surface area contributed by atoms with E-state index in [-0.39, 0.29) is 17.3 Å². The normalized spacial score (nSPS) is 23.1. The lowest BCUT2D eigenvalue weighted by Crippen LogP contribution is -2.50. The van der Waals surface area contributed by atoms with E-state index in [9.17, 15) is 4.79 Å². The topological polar surface area (TPSA) is 71.1 Å². The van der Waals surface area contributed by atoms with Gasteiger partial charge in [0.1, 0.15) is 5.82 Å². The maximum atomic E-state index is 12.3. The zero-order chi connectivity index (χ0) is 12.8. The minimum absolute atomic E-state index is 0.102. The summed E-state index contributed by atoms with van der Waals surface area (Å²) in [5, 5.41) is 6.90. The molecule has 0 aromatic carbocycles. The summed E-state index contributed by atoms with van der Waals surface area (Å²) in [4.78, 5) is 18.3. The molecule has 0 atom stereocenters. The van der Waals surface area contributed by atoms with Crippen LogP contribution in [-0.4, -0.2) is 51.3 Å². The van der Waals surface area contributed by atoms with E-state index in [1.165, 1.54) is 0 Å². The van der Waals surface area contributed by atoms with Crippen LogP contribution in [0.3, 0.4) is 0 Å². The molecular formula is C12H18N4O2. The molecule has 1 aliphatic carbocycles. The highest BCUT2D eigenvalue weighted by Crippen LogP contribution is 2.37. The van der Waals surface area contributed by atoms with Gasteiger partial charge in [-0.1, -0.05) is 0 Å². The third-order valence-corrected chi connectivity index (χ3v) is 3.37. The number of morpholine rings is 1. The fraction of sp³-hybridized carbons (Fsp3) is 0.750. The predicted molar refractivity (Wildman–Crippen MR) is 64.3 cm³/mol. The zero-order valence-electron chi connectivity index (χ0n) is 10.8. The number of carbonyl (C=O) groups excluding carboxylic acids is 1. The fourth-order valence-corrected chi connectivity index (χ4v) is 2.24. The number of aromatic nitrogens is 3. The summed E-state index contributed by atoms with van der Waals surface area (Å²) in [5.41, 5.74) is -0.288. The molecule has 1 aromatic rings. The monoisotopic (exact) mass is 250 g/mol. The number of nitrogens with zero attached hydrogens (tertiary/aromatic N) is 3. The van der Waals surface area contributed by atoms with Crippen LogP contribution in [0, 0.1) is 0 Å². The molecule has 2 fully saturated rings. The standard InChI is InChI=1S/C12H18N4O2/c1-12(2)7-16(5-6-18-12)11(17)10-13-9(14-15-10)8-3-4-8/h8H,3-7H2,1-2H3,(H,13,14,15). The molecule has 1 saturated heterocycles. The number of amides is 1. The molecule has 1 amide bonds. The van der Waals surface area contributed by atoms with Crippen LogP contribution < -0.4 is 0 Å².